The number of carboxylic acids is 2. The lowest BCUT2D eigenvalue weighted by molar-refractivity contribution is -0.143. The van der Waals surface area contributed by atoms with Gasteiger partial charge < -0.3 is 31.9 Å². The molecule has 4 unspecified atom stereocenters. The maximum Gasteiger partial charge on any atom is 0.326 e. The first-order chi connectivity index (χ1) is 15.5. The summed E-state index contributed by atoms with van der Waals surface area (Å²) in [6.07, 6.45) is -0.713. The molecule has 1 rings (SSSR count). The van der Waals surface area contributed by atoms with Crippen molar-refractivity contribution >= 4 is 42.3 Å². The molecule has 0 spiro atoms. The molecule has 0 aromatic heterocycles. The molecule has 4 atom stereocenters. The minimum absolute atomic E-state index is 0.0255. The Morgan fingerprint density at radius 2 is 1.48 bits per heavy atom. The third-order valence-electron chi connectivity index (χ3n) is 4.69. The number of thiol groups is 1. The van der Waals surface area contributed by atoms with Crippen LogP contribution >= 0.6 is 12.6 Å². The Bertz CT molecular complexity index is 850. The summed E-state index contributed by atoms with van der Waals surface area (Å²) >= 11 is 3.89. The number of nitrogens with one attached hydrogen (secondary N) is 3. The molecule has 33 heavy (non-hydrogen) atoms. The van der Waals surface area contributed by atoms with Gasteiger partial charge in [-0.25, -0.2) is 4.79 Å². The second-order valence-electron chi connectivity index (χ2n) is 7.77. The Labute approximate surface area is 196 Å². The van der Waals surface area contributed by atoms with Gasteiger partial charge in [-0.2, -0.15) is 12.6 Å². The Balaban J connectivity index is 2.96. The van der Waals surface area contributed by atoms with Gasteiger partial charge in [0.15, 0.2) is 0 Å². The van der Waals surface area contributed by atoms with Crippen molar-refractivity contribution in [3.63, 3.8) is 0 Å². The van der Waals surface area contributed by atoms with Gasteiger partial charge in [-0.15, -0.1) is 0 Å². The van der Waals surface area contributed by atoms with Crippen LogP contribution in [0.4, 0.5) is 0 Å². The van der Waals surface area contributed by atoms with Crippen molar-refractivity contribution in [2.24, 2.45) is 11.7 Å². The zero-order valence-electron chi connectivity index (χ0n) is 18.4. The zero-order chi connectivity index (χ0) is 25.1. The minimum Gasteiger partial charge on any atom is -0.481 e. The van der Waals surface area contributed by atoms with Crippen LogP contribution in [0, 0.1) is 5.92 Å². The molecular weight excluding hydrogens is 452 g/mol. The lowest BCUT2D eigenvalue weighted by atomic mass is 10.0. The largest absolute Gasteiger partial charge is 0.481 e. The Morgan fingerprint density at radius 3 is 1.97 bits per heavy atom. The van der Waals surface area contributed by atoms with Crippen LogP contribution in [0.5, 0.6) is 0 Å². The fourth-order valence-corrected chi connectivity index (χ4v) is 3.01. The van der Waals surface area contributed by atoms with Crippen molar-refractivity contribution in [1.29, 1.82) is 0 Å². The van der Waals surface area contributed by atoms with Crippen molar-refractivity contribution < 1.29 is 34.2 Å². The van der Waals surface area contributed by atoms with E-state index >= 15 is 0 Å². The van der Waals surface area contributed by atoms with E-state index < -0.39 is 66.2 Å². The molecule has 7 N–H and O–H groups in total. The van der Waals surface area contributed by atoms with E-state index in [1.54, 1.807) is 44.2 Å². The molecule has 0 saturated carbocycles. The van der Waals surface area contributed by atoms with Gasteiger partial charge in [-0.05, 0) is 11.5 Å². The number of carboxylic acid groups (broad SMARTS) is 2. The summed E-state index contributed by atoms with van der Waals surface area (Å²) in [6.45, 7) is 3.25. The van der Waals surface area contributed by atoms with E-state index in [1.165, 1.54) is 0 Å². The number of aliphatic carboxylic acids is 2. The smallest absolute Gasteiger partial charge is 0.326 e. The molecule has 0 fully saturated rings. The van der Waals surface area contributed by atoms with Crippen molar-refractivity contribution in [2.45, 2.75) is 50.9 Å². The first kappa shape index (κ1) is 27.9. The highest BCUT2D eigenvalue weighted by molar-refractivity contribution is 7.80. The summed E-state index contributed by atoms with van der Waals surface area (Å²) < 4.78 is 0. The molecule has 1 aromatic carbocycles. The normalized spacial score (nSPS) is 14.5. The van der Waals surface area contributed by atoms with Crippen molar-refractivity contribution in [1.82, 2.24) is 16.0 Å². The quantitative estimate of drug-likeness (QED) is 0.177. The van der Waals surface area contributed by atoms with Crippen molar-refractivity contribution in [2.75, 3.05) is 5.75 Å². The third kappa shape index (κ3) is 9.49. The van der Waals surface area contributed by atoms with Gasteiger partial charge in [-0.3, -0.25) is 19.2 Å². The Morgan fingerprint density at radius 1 is 0.909 bits per heavy atom. The number of rotatable bonds is 13. The predicted octanol–water partition coefficient (Wildman–Crippen LogP) is -0.844. The topological polar surface area (TPSA) is 188 Å². The average Bonchev–Trinajstić information content (AvgIpc) is 2.75. The molecule has 3 amide bonds. The summed E-state index contributed by atoms with van der Waals surface area (Å²) in [5.41, 5.74) is 6.25. The molecule has 0 aliphatic carbocycles. The van der Waals surface area contributed by atoms with E-state index in [4.69, 9.17) is 10.8 Å². The highest BCUT2D eigenvalue weighted by atomic mass is 32.1. The minimum atomic E-state index is -1.49. The molecule has 0 heterocycles. The van der Waals surface area contributed by atoms with E-state index in [1.807, 2.05) is 0 Å². The summed E-state index contributed by atoms with van der Waals surface area (Å²) in [5.74, 6) is -5.55. The van der Waals surface area contributed by atoms with Gasteiger partial charge in [0.05, 0.1) is 12.5 Å². The number of carbonyl (C=O) groups is 5. The number of nitrogens with two attached hydrogens (primary N) is 1. The lowest BCUT2D eigenvalue weighted by Gasteiger charge is -2.26. The van der Waals surface area contributed by atoms with Gasteiger partial charge >= 0.3 is 11.9 Å². The fraction of sp³-hybridized carbons (Fsp3) is 0.476. The highest BCUT2D eigenvalue weighted by Gasteiger charge is 2.32. The van der Waals surface area contributed by atoms with E-state index in [2.05, 4.69) is 28.6 Å². The summed E-state index contributed by atoms with van der Waals surface area (Å²) in [7, 11) is 0. The molecule has 0 bridgehead atoms. The highest BCUT2D eigenvalue weighted by Crippen LogP contribution is 2.08. The molecular formula is C21H30N4O7S. The molecule has 11 nitrogen and oxygen atoms in total. The molecule has 1 aromatic rings. The van der Waals surface area contributed by atoms with Gasteiger partial charge in [0, 0.05) is 12.2 Å². The zero-order valence-corrected chi connectivity index (χ0v) is 19.2. The van der Waals surface area contributed by atoms with Crippen LogP contribution in [0.15, 0.2) is 30.3 Å². The maximum absolute atomic E-state index is 12.8. The molecule has 0 radical (unpaired) electrons. The van der Waals surface area contributed by atoms with Crippen LogP contribution in [-0.4, -0.2) is 69.8 Å². The van der Waals surface area contributed by atoms with Crippen LogP contribution in [-0.2, 0) is 30.4 Å². The molecule has 0 saturated heterocycles. The van der Waals surface area contributed by atoms with Crippen molar-refractivity contribution in [3.8, 4) is 0 Å². The maximum atomic E-state index is 12.8. The average molecular weight is 483 g/mol. The number of amides is 3. The lowest BCUT2D eigenvalue weighted by Crippen LogP contribution is -2.59. The number of hydrogen-bond acceptors (Lipinski definition) is 7. The van der Waals surface area contributed by atoms with Crippen LogP contribution in [0.1, 0.15) is 25.8 Å². The first-order valence-electron chi connectivity index (χ1n) is 10.2. The van der Waals surface area contributed by atoms with E-state index in [-0.39, 0.29) is 12.2 Å². The van der Waals surface area contributed by atoms with Gasteiger partial charge in [0.2, 0.25) is 17.7 Å². The third-order valence-corrected chi connectivity index (χ3v) is 5.08. The van der Waals surface area contributed by atoms with Crippen LogP contribution in [0.3, 0.4) is 0 Å². The SMILES string of the molecule is CC(C)C(NC(=O)C(CC(=O)O)NC(=O)C(N)CS)C(=O)NC(Cc1ccccc1)C(=O)O. The standard InChI is InChI=1S/C21H30N4O7S/c1-11(2)17(20(30)24-15(21(31)32)8-12-6-4-3-5-7-12)25-19(29)14(9-16(26)27)23-18(28)13(22)10-33/h3-7,11,13-15,17,33H,8-10,22H2,1-2H3,(H,23,28)(H,24,30)(H,25,29)(H,26,27)(H,31,32). The second-order valence-corrected chi connectivity index (χ2v) is 8.13. The number of benzene rings is 1. The van der Waals surface area contributed by atoms with Crippen LogP contribution < -0.4 is 21.7 Å². The van der Waals surface area contributed by atoms with Gasteiger partial charge in [0.1, 0.15) is 18.1 Å². The van der Waals surface area contributed by atoms with E-state index in [0.717, 1.165) is 0 Å². The second kappa shape index (κ2) is 13.4. The van der Waals surface area contributed by atoms with E-state index in [9.17, 15) is 29.1 Å². The van der Waals surface area contributed by atoms with Crippen LogP contribution in [0.2, 0.25) is 0 Å². The molecule has 182 valence electrons. The first-order valence-corrected chi connectivity index (χ1v) is 10.9. The Kier molecular flexibility index (Phi) is 11.4. The number of carbonyl (C=O) groups excluding carboxylic acids is 3. The number of hydrogen-bond donors (Lipinski definition) is 7. The van der Waals surface area contributed by atoms with Crippen LogP contribution in [0.25, 0.3) is 0 Å². The Hall–Kier alpha value is -3.12. The molecule has 0 aliphatic rings. The van der Waals surface area contributed by atoms with Gasteiger partial charge in [-0.1, -0.05) is 44.2 Å². The molecule has 12 heteroatoms. The van der Waals surface area contributed by atoms with E-state index in [0.29, 0.717) is 5.56 Å². The summed E-state index contributed by atoms with van der Waals surface area (Å²) in [5, 5.41) is 25.7. The predicted molar refractivity (Wildman–Crippen MR) is 122 cm³/mol. The fourth-order valence-electron chi connectivity index (χ4n) is 2.85. The van der Waals surface area contributed by atoms with Crippen molar-refractivity contribution in [3.05, 3.63) is 35.9 Å². The summed E-state index contributed by atoms with van der Waals surface area (Å²) in [6, 6.07) is 3.72. The monoisotopic (exact) mass is 482 g/mol. The summed E-state index contributed by atoms with van der Waals surface area (Å²) in [4.78, 5) is 60.4. The van der Waals surface area contributed by atoms with Gasteiger partial charge in [0.25, 0.3) is 0 Å². The molecule has 0 aliphatic heterocycles.